The van der Waals surface area contributed by atoms with Gasteiger partial charge in [0.05, 0.1) is 11.8 Å². The molecule has 1 aromatic carbocycles. The van der Waals surface area contributed by atoms with Crippen molar-refractivity contribution in [2.75, 3.05) is 0 Å². The zero-order valence-corrected chi connectivity index (χ0v) is 11.1. The van der Waals surface area contributed by atoms with E-state index in [0.29, 0.717) is 12.1 Å². The first kappa shape index (κ1) is 14.6. The summed E-state index contributed by atoms with van der Waals surface area (Å²) in [6.07, 6.45) is 0.766. The van der Waals surface area contributed by atoms with Crippen molar-refractivity contribution in [2.24, 2.45) is 0 Å². The van der Waals surface area contributed by atoms with E-state index in [9.17, 15) is 13.9 Å². The van der Waals surface area contributed by atoms with Crippen molar-refractivity contribution in [2.45, 2.75) is 25.6 Å². The highest BCUT2D eigenvalue weighted by atomic mass is 19.2. The van der Waals surface area contributed by atoms with Crippen LogP contribution in [0.2, 0.25) is 0 Å². The van der Waals surface area contributed by atoms with Crippen molar-refractivity contribution in [1.29, 1.82) is 0 Å². The molecule has 0 bridgehead atoms. The summed E-state index contributed by atoms with van der Waals surface area (Å²) in [4.78, 5) is 4.15. The Morgan fingerprint density at radius 1 is 1.20 bits per heavy atom. The third kappa shape index (κ3) is 3.59. The zero-order chi connectivity index (χ0) is 14.5. The Morgan fingerprint density at radius 2 is 2.00 bits per heavy atom. The Kier molecular flexibility index (Phi) is 4.76. The lowest BCUT2D eigenvalue weighted by Crippen LogP contribution is -2.32. The maximum atomic E-state index is 13.1. The monoisotopic (exact) mass is 278 g/mol. The lowest BCUT2D eigenvalue weighted by atomic mass is 10.0. The molecule has 2 rings (SSSR count). The molecule has 3 nitrogen and oxygen atoms in total. The van der Waals surface area contributed by atoms with E-state index in [1.54, 1.807) is 13.1 Å². The van der Waals surface area contributed by atoms with Crippen molar-refractivity contribution in [1.82, 2.24) is 10.3 Å². The minimum atomic E-state index is -0.960. The number of pyridine rings is 1. The largest absolute Gasteiger partial charge is 0.387 e. The van der Waals surface area contributed by atoms with Crippen LogP contribution in [-0.2, 0) is 6.54 Å². The molecule has 106 valence electrons. The first-order chi connectivity index (χ1) is 9.58. The summed E-state index contributed by atoms with van der Waals surface area (Å²) in [7, 11) is 0. The van der Waals surface area contributed by atoms with Crippen molar-refractivity contribution in [3.8, 4) is 0 Å². The topological polar surface area (TPSA) is 45.2 Å². The minimum Gasteiger partial charge on any atom is -0.387 e. The van der Waals surface area contributed by atoms with Crippen molar-refractivity contribution in [3.05, 3.63) is 65.5 Å². The first-order valence-electron chi connectivity index (χ1n) is 6.34. The summed E-state index contributed by atoms with van der Waals surface area (Å²) >= 11 is 0. The molecular formula is C15H16F2N2O. The number of rotatable bonds is 5. The Morgan fingerprint density at radius 3 is 2.65 bits per heavy atom. The third-order valence-electron chi connectivity index (χ3n) is 3.09. The highest BCUT2D eigenvalue weighted by Gasteiger charge is 2.17. The van der Waals surface area contributed by atoms with E-state index in [4.69, 9.17) is 0 Å². The number of aliphatic hydroxyl groups is 1. The van der Waals surface area contributed by atoms with Gasteiger partial charge in [0.25, 0.3) is 0 Å². The van der Waals surface area contributed by atoms with Crippen LogP contribution in [0.4, 0.5) is 8.78 Å². The fourth-order valence-electron chi connectivity index (χ4n) is 1.86. The van der Waals surface area contributed by atoms with E-state index in [2.05, 4.69) is 10.3 Å². The predicted octanol–water partition coefficient (Wildman–Crippen LogP) is 2.57. The molecule has 0 aliphatic heterocycles. The number of hydrogen-bond acceptors (Lipinski definition) is 3. The van der Waals surface area contributed by atoms with Crippen LogP contribution in [0.3, 0.4) is 0 Å². The van der Waals surface area contributed by atoms with E-state index >= 15 is 0 Å². The molecule has 5 heteroatoms. The molecule has 0 spiro atoms. The predicted molar refractivity (Wildman–Crippen MR) is 71.9 cm³/mol. The van der Waals surface area contributed by atoms with Crippen LogP contribution >= 0.6 is 0 Å². The second-order valence-electron chi connectivity index (χ2n) is 4.61. The van der Waals surface area contributed by atoms with Crippen LogP contribution in [0.5, 0.6) is 0 Å². The number of aliphatic hydroxyl groups excluding tert-OH is 1. The maximum absolute atomic E-state index is 13.1. The molecule has 0 aliphatic carbocycles. The number of halogens is 2. The van der Waals surface area contributed by atoms with Gasteiger partial charge in [-0.05, 0) is 36.8 Å². The lowest BCUT2D eigenvalue weighted by Gasteiger charge is -2.20. The van der Waals surface area contributed by atoms with Crippen LogP contribution in [0, 0.1) is 11.6 Å². The van der Waals surface area contributed by atoms with E-state index in [1.165, 1.54) is 6.07 Å². The molecule has 1 aromatic heterocycles. The second-order valence-corrected chi connectivity index (χ2v) is 4.61. The normalized spacial score (nSPS) is 14.0. The van der Waals surface area contributed by atoms with Crippen molar-refractivity contribution >= 4 is 0 Å². The molecule has 2 atom stereocenters. The molecule has 0 saturated heterocycles. The van der Waals surface area contributed by atoms with Crippen LogP contribution in [0.15, 0.2) is 42.6 Å². The van der Waals surface area contributed by atoms with Gasteiger partial charge in [-0.25, -0.2) is 8.78 Å². The highest BCUT2D eigenvalue weighted by Crippen LogP contribution is 2.19. The molecule has 0 radical (unpaired) electrons. The first-order valence-corrected chi connectivity index (χ1v) is 6.34. The average Bonchev–Trinajstić information content (AvgIpc) is 2.48. The summed E-state index contributed by atoms with van der Waals surface area (Å²) in [5, 5.41) is 13.2. The maximum Gasteiger partial charge on any atom is 0.159 e. The summed E-state index contributed by atoms with van der Waals surface area (Å²) < 4.78 is 26.0. The van der Waals surface area contributed by atoms with Crippen LogP contribution in [0.1, 0.15) is 24.3 Å². The van der Waals surface area contributed by atoms with Crippen molar-refractivity contribution in [3.63, 3.8) is 0 Å². The molecular weight excluding hydrogens is 262 g/mol. The minimum absolute atomic E-state index is 0.318. The van der Waals surface area contributed by atoms with Gasteiger partial charge >= 0.3 is 0 Å². The fraction of sp³-hybridized carbons (Fsp3) is 0.267. The van der Waals surface area contributed by atoms with E-state index < -0.39 is 17.7 Å². The molecule has 20 heavy (non-hydrogen) atoms. The van der Waals surface area contributed by atoms with Gasteiger partial charge in [0, 0.05) is 18.8 Å². The fourth-order valence-corrected chi connectivity index (χ4v) is 1.86. The van der Waals surface area contributed by atoms with E-state index in [-0.39, 0.29) is 6.04 Å². The average molecular weight is 278 g/mol. The van der Waals surface area contributed by atoms with Gasteiger partial charge in [0.2, 0.25) is 0 Å². The van der Waals surface area contributed by atoms with Crippen LogP contribution < -0.4 is 5.32 Å². The SMILES string of the molecule is CC(NCc1ccccn1)C(O)c1ccc(F)c(F)c1. The molecule has 0 fully saturated rings. The summed E-state index contributed by atoms with van der Waals surface area (Å²) in [6, 6.07) is 8.65. The Bertz CT molecular complexity index is 563. The summed E-state index contributed by atoms with van der Waals surface area (Å²) in [6.45, 7) is 2.26. The Hall–Kier alpha value is -1.85. The van der Waals surface area contributed by atoms with Gasteiger partial charge in [-0.15, -0.1) is 0 Å². The standard InChI is InChI=1S/C15H16F2N2O/c1-10(19-9-12-4-2-3-7-18-12)15(20)11-5-6-13(16)14(17)8-11/h2-8,10,15,19-20H,9H2,1H3. The number of aromatic nitrogens is 1. The third-order valence-corrected chi connectivity index (χ3v) is 3.09. The van der Waals surface area contributed by atoms with Crippen LogP contribution in [0.25, 0.3) is 0 Å². The number of hydrogen-bond donors (Lipinski definition) is 2. The molecule has 1 heterocycles. The molecule has 0 aliphatic rings. The zero-order valence-electron chi connectivity index (χ0n) is 11.1. The highest BCUT2D eigenvalue weighted by molar-refractivity contribution is 5.21. The molecule has 0 amide bonds. The van der Waals surface area contributed by atoms with Crippen molar-refractivity contribution < 1.29 is 13.9 Å². The second kappa shape index (κ2) is 6.54. The van der Waals surface area contributed by atoms with Gasteiger partial charge < -0.3 is 10.4 Å². The van der Waals surface area contributed by atoms with Crippen LogP contribution in [-0.4, -0.2) is 16.1 Å². The lowest BCUT2D eigenvalue weighted by molar-refractivity contribution is 0.134. The number of nitrogens with one attached hydrogen (secondary N) is 1. The molecule has 2 N–H and O–H groups in total. The number of nitrogens with zero attached hydrogens (tertiary/aromatic N) is 1. The van der Waals surface area contributed by atoms with Gasteiger partial charge in [-0.1, -0.05) is 12.1 Å². The smallest absolute Gasteiger partial charge is 0.159 e. The van der Waals surface area contributed by atoms with Gasteiger partial charge in [-0.3, -0.25) is 4.98 Å². The Balaban J connectivity index is 1.97. The summed E-state index contributed by atoms with van der Waals surface area (Å²) in [5.74, 6) is -1.88. The number of benzene rings is 1. The van der Waals surface area contributed by atoms with E-state index in [0.717, 1.165) is 17.8 Å². The van der Waals surface area contributed by atoms with Gasteiger partial charge in [0.15, 0.2) is 11.6 Å². The van der Waals surface area contributed by atoms with Gasteiger partial charge in [-0.2, -0.15) is 0 Å². The Labute approximate surface area is 116 Å². The van der Waals surface area contributed by atoms with Gasteiger partial charge in [0.1, 0.15) is 0 Å². The summed E-state index contributed by atoms with van der Waals surface area (Å²) in [5.41, 5.74) is 1.18. The quantitative estimate of drug-likeness (QED) is 0.883. The van der Waals surface area contributed by atoms with E-state index in [1.807, 2.05) is 18.2 Å². The molecule has 2 unspecified atom stereocenters. The molecule has 2 aromatic rings. The molecule has 0 saturated carbocycles.